The van der Waals surface area contributed by atoms with Crippen LogP contribution in [-0.4, -0.2) is 15.5 Å². The van der Waals surface area contributed by atoms with Crippen LogP contribution >= 0.6 is 15.9 Å². The molecule has 2 N–H and O–H groups in total. The third kappa shape index (κ3) is 5.44. The summed E-state index contributed by atoms with van der Waals surface area (Å²) >= 11 is 3.45. The SMILES string of the molecule is CC(C)(C)NCc1cc(=O)[nH]c(Cc2cccc(Br)c2)n1. The van der Waals surface area contributed by atoms with Crippen molar-refractivity contribution >= 4 is 15.9 Å². The van der Waals surface area contributed by atoms with Crippen LogP contribution in [0.1, 0.15) is 37.9 Å². The Bertz CT molecular complexity index is 674. The van der Waals surface area contributed by atoms with Crippen molar-refractivity contribution in [3.63, 3.8) is 0 Å². The maximum absolute atomic E-state index is 11.8. The molecule has 112 valence electrons. The molecule has 0 aliphatic heterocycles. The van der Waals surface area contributed by atoms with Crippen LogP contribution in [0.3, 0.4) is 0 Å². The topological polar surface area (TPSA) is 57.8 Å². The highest BCUT2D eigenvalue weighted by Crippen LogP contribution is 2.13. The fourth-order valence-electron chi connectivity index (χ4n) is 1.93. The van der Waals surface area contributed by atoms with Gasteiger partial charge in [0, 0.05) is 29.0 Å². The smallest absolute Gasteiger partial charge is 0.251 e. The second kappa shape index (κ2) is 6.54. The molecule has 0 bridgehead atoms. The molecule has 5 heteroatoms. The summed E-state index contributed by atoms with van der Waals surface area (Å²) in [4.78, 5) is 19.1. The van der Waals surface area contributed by atoms with Crippen molar-refractivity contribution in [1.29, 1.82) is 0 Å². The third-order valence-electron chi connectivity index (χ3n) is 2.90. The Labute approximate surface area is 133 Å². The van der Waals surface area contributed by atoms with Crippen molar-refractivity contribution in [1.82, 2.24) is 15.3 Å². The lowest BCUT2D eigenvalue weighted by molar-refractivity contribution is 0.420. The predicted molar refractivity (Wildman–Crippen MR) is 88.4 cm³/mol. The van der Waals surface area contributed by atoms with E-state index in [0.717, 1.165) is 15.7 Å². The molecule has 0 saturated heterocycles. The van der Waals surface area contributed by atoms with Crippen molar-refractivity contribution in [2.75, 3.05) is 0 Å². The van der Waals surface area contributed by atoms with E-state index in [9.17, 15) is 4.79 Å². The molecule has 0 atom stereocenters. The van der Waals surface area contributed by atoms with Crippen molar-refractivity contribution < 1.29 is 0 Å². The van der Waals surface area contributed by atoms with Gasteiger partial charge in [0.2, 0.25) is 0 Å². The van der Waals surface area contributed by atoms with Crippen LogP contribution < -0.4 is 10.9 Å². The standard InChI is InChI=1S/C16H20BrN3O/c1-16(2,3)18-10-13-9-15(21)20-14(19-13)8-11-5-4-6-12(17)7-11/h4-7,9,18H,8,10H2,1-3H3,(H,19,20,21). The lowest BCUT2D eigenvalue weighted by atomic mass is 10.1. The minimum Gasteiger partial charge on any atom is -0.310 e. The number of halogens is 1. The Morgan fingerprint density at radius 3 is 2.71 bits per heavy atom. The normalized spacial score (nSPS) is 11.6. The second-order valence-corrected chi connectivity index (χ2v) is 7.01. The first-order chi connectivity index (χ1) is 9.82. The first-order valence-electron chi connectivity index (χ1n) is 6.90. The van der Waals surface area contributed by atoms with Crippen LogP contribution in [-0.2, 0) is 13.0 Å². The molecule has 1 aromatic heterocycles. The van der Waals surface area contributed by atoms with Gasteiger partial charge >= 0.3 is 0 Å². The van der Waals surface area contributed by atoms with Crippen LogP contribution in [0.25, 0.3) is 0 Å². The molecular formula is C16H20BrN3O. The van der Waals surface area contributed by atoms with Gasteiger partial charge < -0.3 is 10.3 Å². The van der Waals surface area contributed by atoms with Crippen LogP contribution in [0.2, 0.25) is 0 Å². The zero-order valence-corrected chi connectivity index (χ0v) is 14.1. The zero-order valence-electron chi connectivity index (χ0n) is 12.5. The van der Waals surface area contributed by atoms with Crippen molar-refractivity contribution in [3.05, 3.63) is 62.2 Å². The number of aromatic amines is 1. The van der Waals surface area contributed by atoms with E-state index in [0.29, 0.717) is 18.8 Å². The van der Waals surface area contributed by atoms with E-state index < -0.39 is 0 Å². The Hall–Kier alpha value is -1.46. The van der Waals surface area contributed by atoms with Gasteiger partial charge in [0.05, 0.1) is 5.69 Å². The molecule has 0 saturated carbocycles. The molecular weight excluding hydrogens is 330 g/mol. The van der Waals surface area contributed by atoms with E-state index in [1.165, 1.54) is 0 Å². The Morgan fingerprint density at radius 1 is 1.29 bits per heavy atom. The molecule has 1 heterocycles. The largest absolute Gasteiger partial charge is 0.310 e. The minimum absolute atomic E-state index is 0.00522. The van der Waals surface area contributed by atoms with Crippen molar-refractivity contribution in [2.24, 2.45) is 0 Å². The van der Waals surface area contributed by atoms with E-state index in [1.54, 1.807) is 6.07 Å². The summed E-state index contributed by atoms with van der Waals surface area (Å²) < 4.78 is 1.02. The maximum Gasteiger partial charge on any atom is 0.251 e. The number of nitrogens with zero attached hydrogens (tertiary/aromatic N) is 1. The number of hydrogen-bond acceptors (Lipinski definition) is 3. The van der Waals surface area contributed by atoms with Crippen molar-refractivity contribution in [2.45, 2.75) is 39.3 Å². The van der Waals surface area contributed by atoms with Gasteiger partial charge in [-0.2, -0.15) is 0 Å². The van der Waals surface area contributed by atoms with Crippen molar-refractivity contribution in [3.8, 4) is 0 Å². The summed E-state index contributed by atoms with van der Waals surface area (Å²) in [5.74, 6) is 0.686. The molecule has 0 unspecified atom stereocenters. The van der Waals surface area contributed by atoms with Gasteiger partial charge in [-0.05, 0) is 38.5 Å². The van der Waals surface area contributed by atoms with E-state index in [4.69, 9.17) is 0 Å². The van der Waals surface area contributed by atoms with Gasteiger partial charge in [-0.25, -0.2) is 4.98 Å². The fourth-order valence-corrected chi connectivity index (χ4v) is 2.38. The lowest BCUT2D eigenvalue weighted by Gasteiger charge is -2.20. The highest BCUT2D eigenvalue weighted by molar-refractivity contribution is 9.10. The molecule has 0 aliphatic carbocycles. The molecule has 2 rings (SSSR count). The van der Waals surface area contributed by atoms with E-state index in [-0.39, 0.29) is 11.1 Å². The Morgan fingerprint density at radius 2 is 2.05 bits per heavy atom. The number of rotatable bonds is 4. The van der Waals surface area contributed by atoms with Crippen LogP contribution in [0.5, 0.6) is 0 Å². The average molecular weight is 350 g/mol. The second-order valence-electron chi connectivity index (χ2n) is 6.09. The molecule has 21 heavy (non-hydrogen) atoms. The van der Waals surface area contributed by atoms with Gasteiger partial charge in [-0.3, -0.25) is 4.79 Å². The van der Waals surface area contributed by atoms with Gasteiger partial charge in [0.15, 0.2) is 0 Å². The minimum atomic E-state index is -0.110. The number of benzene rings is 1. The molecule has 4 nitrogen and oxygen atoms in total. The summed E-state index contributed by atoms with van der Waals surface area (Å²) in [6.45, 7) is 6.84. The quantitative estimate of drug-likeness (QED) is 0.891. The summed E-state index contributed by atoms with van der Waals surface area (Å²) in [5, 5.41) is 3.34. The summed E-state index contributed by atoms with van der Waals surface area (Å²) in [5.41, 5.74) is 1.75. The number of hydrogen-bond donors (Lipinski definition) is 2. The monoisotopic (exact) mass is 349 g/mol. The van der Waals surface area contributed by atoms with E-state index in [2.05, 4.69) is 52.0 Å². The number of aromatic nitrogens is 2. The summed E-state index contributed by atoms with van der Waals surface area (Å²) in [6.07, 6.45) is 0.609. The predicted octanol–water partition coefficient (Wildman–Crippen LogP) is 3.01. The average Bonchev–Trinajstić information content (AvgIpc) is 2.35. The molecule has 0 spiro atoms. The summed E-state index contributed by atoms with van der Waals surface area (Å²) in [6, 6.07) is 9.54. The zero-order chi connectivity index (χ0) is 15.5. The number of H-pyrrole nitrogens is 1. The van der Waals surface area contributed by atoms with E-state index >= 15 is 0 Å². The third-order valence-corrected chi connectivity index (χ3v) is 3.40. The molecule has 0 fully saturated rings. The molecule has 0 amide bonds. The first kappa shape index (κ1) is 15.9. The number of nitrogens with one attached hydrogen (secondary N) is 2. The fraction of sp³-hybridized carbons (Fsp3) is 0.375. The Balaban J connectivity index is 2.17. The molecule has 1 aromatic carbocycles. The van der Waals surface area contributed by atoms with Crippen LogP contribution in [0, 0.1) is 0 Å². The highest BCUT2D eigenvalue weighted by atomic mass is 79.9. The van der Waals surface area contributed by atoms with Gasteiger partial charge in [0.25, 0.3) is 5.56 Å². The van der Waals surface area contributed by atoms with Gasteiger partial charge in [-0.1, -0.05) is 28.1 Å². The molecule has 2 aromatic rings. The van der Waals surface area contributed by atoms with Gasteiger partial charge in [-0.15, -0.1) is 0 Å². The first-order valence-corrected chi connectivity index (χ1v) is 7.70. The maximum atomic E-state index is 11.8. The van der Waals surface area contributed by atoms with Crippen LogP contribution in [0.4, 0.5) is 0 Å². The molecule has 0 aliphatic rings. The van der Waals surface area contributed by atoms with E-state index in [1.807, 2.05) is 24.3 Å². The lowest BCUT2D eigenvalue weighted by Crippen LogP contribution is -2.35. The van der Waals surface area contributed by atoms with Gasteiger partial charge in [0.1, 0.15) is 5.82 Å². The Kier molecular flexibility index (Phi) is 4.96. The summed E-state index contributed by atoms with van der Waals surface area (Å²) in [7, 11) is 0. The molecule has 0 radical (unpaired) electrons. The highest BCUT2D eigenvalue weighted by Gasteiger charge is 2.10. The van der Waals surface area contributed by atoms with Crippen LogP contribution in [0.15, 0.2) is 39.6 Å².